The summed E-state index contributed by atoms with van der Waals surface area (Å²) in [6, 6.07) is 1.93. The van der Waals surface area contributed by atoms with E-state index in [-0.39, 0.29) is 12.4 Å². The first-order valence-electron chi connectivity index (χ1n) is 3.92. The summed E-state index contributed by atoms with van der Waals surface area (Å²) in [4.78, 5) is 19.9. The molecule has 15 heavy (non-hydrogen) atoms. The Labute approximate surface area is 85.3 Å². The molecule has 0 bridgehead atoms. The van der Waals surface area contributed by atoms with E-state index in [1.165, 1.54) is 12.3 Å². The highest BCUT2D eigenvalue weighted by Crippen LogP contribution is 2.04. The Kier molecular flexibility index (Phi) is 5.57. The van der Waals surface area contributed by atoms with Crippen molar-refractivity contribution in [3.8, 4) is 5.95 Å². The van der Waals surface area contributed by atoms with Crippen molar-refractivity contribution in [2.45, 2.75) is 12.5 Å². The molecule has 0 unspecified atom stereocenters. The smallest absolute Gasteiger partial charge is 0.321 e. The maximum absolute atomic E-state index is 9.99. The normalized spacial score (nSPS) is 11.0. The number of carboxylic acid groups (broad SMARTS) is 1. The minimum atomic E-state index is -1.21. The second-order valence-corrected chi connectivity index (χ2v) is 2.57. The van der Waals surface area contributed by atoms with Gasteiger partial charge in [0.05, 0.1) is 12.7 Å². The van der Waals surface area contributed by atoms with E-state index in [0.717, 1.165) is 0 Å². The standard InChI is InChI=1S/C4H8N2O3.C4H4O2/c5-2(4(8)9)1-3(6)7;5-4-2-1-3-6-4/h2H,1,5H2,(H2,6,7)(H,8,9);1-3,5H/t2-;/m0./s1. The number of carbonyl (C=O) groups is 2. The number of aliphatic carboxylic acids is 1. The van der Waals surface area contributed by atoms with E-state index in [0.29, 0.717) is 0 Å². The molecule has 0 aromatic carbocycles. The SMILES string of the molecule is NC(=O)C[C@H](N)C(=O)O.Oc1ccco1. The van der Waals surface area contributed by atoms with Crippen LogP contribution < -0.4 is 11.5 Å². The minimum absolute atomic E-state index is 0.0324. The molecule has 0 spiro atoms. The molecule has 0 aliphatic heterocycles. The lowest BCUT2D eigenvalue weighted by molar-refractivity contribution is -0.140. The van der Waals surface area contributed by atoms with E-state index in [1.54, 1.807) is 6.07 Å². The van der Waals surface area contributed by atoms with Crippen molar-refractivity contribution in [1.82, 2.24) is 0 Å². The van der Waals surface area contributed by atoms with Crippen molar-refractivity contribution in [3.63, 3.8) is 0 Å². The molecule has 0 aliphatic carbocycles. The largest absolute Gasteiger partial charge is 0.481 e. The maximum atomic E-state index is 9.99. The third-order valence-electron chi connectivity index (χ3n) is 1.24. The molecule has 6 N–H and O–H groups in total. The number of rotatable bonds is 3. The number of hydrogen-bond acceptors (Lipinski definition) is 5. The fraction of sp³-hybridized carbons (Fsp3) is 0.250. The van der Waals surface area contributed by atoms with E-state index < -0.39 is 17.9 Å². The van der Waals surface area contributed by atoms with Gasteiger partial charge in [-0.15, -0.1) is 0 Å². The Morgan fingerprint density at radius 3 is 2.27 bits per heavy atom. The van der Waals surface area contributed by atoms with Crippen LogP contribution in [-0.4, -0.2) is 28.1 Å². The summed E-state index contributed by atoms with van der Waals surface area (Å²) in [6.07, 6.45) is 1.10. The van der Waals surface area contributed by atoms with Gasteiger partial charge in [0.2, 0.25) is 5.91 Å². The number of nitrogens with two attached hydrogens (primary N) is 2. The molecule has 1 rings (SSSR count). The molecule has 1 heterocycles. The second kappa shape index (κ2) is 6.44. The first-order chi connectivity index (χ1) is 6.93. The quantitative estimate of drug-likeness (QED) is 0.524. The van der Waals surface area contributed by atoms with E-state index in [2.05, 4.69) is 10.2 Å². The molecule has 1 amide bonds. The van der Waals surface area contributed by atoms with Gasteiger partial charge in [-0.1, -0.05) is 0 Å². The van der Waals surface area contributed by atoms with Gasteiger partial charge in [0, 0.05) is 6.07 Å². The minimum Gasteiger partial charge on any atom is -0.481 e. The van der Waals surface area contributed by atoms with E-state index in [9.17, 15) is 9.59 Å². The molecule has 1 aromatic rings. The van der Waals surface area contributed by atoms with Crippen molar-refractivity contribution < 1.29 is 24.2 Å². The summed E-state index contributed by atoms with van der Waals surface area (Å²) in [7, 11) is 0. The molecular formula is C8H12N2O5. The zero-order valence-corrected chi connectivity index (χ0v) is 7.79. The number of aromatic hydroxyl groups is 1. The number of amides is 1. The van der Waals surface area contributed by atoms with Crippen LogP contribution in [0.4, 0.5) is 0 Å². The van der Waals surface area contributed by atoms with Crippen LogP contribution in [0.5, 0.6) is 5.95 Å². The van der Waals surface area contributed by atoms with Crippen molar-refractivity contribution in [2.75, 3.05) is 0 Å². The van der Waals surface area contributed by atoms with Crippen LogP contribution >= 0.6 is 0 Å². The average Bonchev–Trinajstić information content (AvgIpc) is 2.55. The topological polar surface area (TPSA) is 140 Å². The van der Waals surface area contributed by atoms with Crippen LogP contribution in [-0.2, 0) is 9.59 Å². The summed E-state index contributed by atoms with van der Waals surface area (Å²) in [5, 5.41) is 16.4. The van der Waals surface area contributed by atoms with Gasteiger partial charge in [-0.2, -0.15) is 0 Å². The molecule has 1 atom stereocenters. The monoisotopic (exact) mass is 216 g/mol. The molecule has 0 saturated carbocycles. The molecule has 84 valence electrons. The lowest BCUT2D eigenvalue weighted by atomic mass is 10.2. The fourth-order valence-corrected chi connectivity index (χ4v) is 0.574. The molecule has 0 radical (unpaired) electrons. The Bertz CT molecular complexity index is 309. The van der Waals surface area contributed by atoms with E-state index in [4.69, 9.17) is 15.9 Å². The van der Waals surface area contributed by atoms with E-state index in [1.807, 2.05) is 0 Å². The fourth-order valence-electron chi connectivity index (χ4n) is 0.574. The second-order valence-electron chi connectivity index (χ2n) is 2.57. The van der Waals surface area contributed by atoms with Crippen molar-refractivity contribution in [1.29, 1.82) is 0 Å². The van der Waals surface area contributed by atoms with Gasteiger partial charge < -0.3 is 26.1 Å². The maximum Gasteiger partial charge on any atom is 0.321 e. The highest BCUT2D eigenvalue weighted by atomic mass is 16.5. The van der Waals surface area contributed by atoms with Crippen LogP contribution in [0.2, 0.25) is 0 Å². The molecule has 7 heteroatoms. The average molecular weight is 216 g/mol. The zero-order valence-electron chi connectivity index (χ0n) is 7.79. The van der Waals surface area contributed by atoms with Gasteiger partial charge >= 0.3 is 5.97 Å². The van der Waals surface area contributed by atoms with Crippen LogP contribution in [0.15, 0.2) is 22.8 Å². The molecule has 1 aromatic heterocycles. The first-order valence-corrected chi connectivity index (χ1v) is 3.92. The molecule has 0 aliphatic rings. The lowest BCUT2D eigenvalue weighted by Crippen LogP contribution is -2.34. The summed E-state index contributed by atoms with van der Waals surface area (Å²) in [6.45, 7) is 0. The number of carboxylic acids is 1. The highest BCUT2D eigenvalue weighted by molar-refractivity contribution is 5.83. The molecule has 7 nitrogen and oxygen atoms in total. The van der Waals surface area contributed by atoms with Crippen LogP contribution in [0.25, 0.3) is 0 Å². The number of hydrogen-bond donors (Lipinski definition) is 4. The van der Waals surface area contributed by atoms with Gasteiger partial charge in [-0.25, -0.2) is 0 Å². The highest BCUT2D eigenvalue weighted by Gasteiger charge is 2.13. The van der Waals surface area contributed by atoms with Crippen molar-refractivity contribution in [3.05, 3.63) is 18.4 Å². The van der Waals surface area contributed by atoms with Crippen LogP contribution in [0, 0.1) is 0 Å². The van der Waals surface area contributed by atoms with Gasteiger partial charge in [-0.05, 0) is 6.07 Å². The van der Waals surface area contributed by atoms with Crippen molar-refractivity contribution >= 4 is 11.9 Å². The molecule has 0 saturated heterocycles. The number of furan rings is 1. The third kappa shape index (κ3) is 7.08. The predicted molar refractivity (Wildman–Crippen MR) is 49.8 cm³/mol. The molecule has 0 fully saturated rings. The van der Waals surface area contributed by atoms with Gasteiger partial charge in [0.1, 0.15) is 6.04 Å². The third-order valence-corrected chi connectivity index (χ3v) is 1.24. The Morgan fingerprint density at radius 1 is 1.53 bits per heavy atom. The number of primary amides is 1. The van der Waals surface area contributed by atoms with Crippen LogP contribution in [0.3, 0.4) is 0 Å². The Hall–Kier alpha value is -2.02. The summed E-state index contributed by atoms with van der Waals surface area (Å²) in [5.41, 5.74) is 9.57. The van der Waals surface area contributed by atoms with E-state index >= 15 is 0 Å². The molecular weight excluding hydrogens is 204 g/mol. The van der Waals surface area contributed by atoms with Gasteiger partial charge in [0.15, 0.2) is 0 Å². The lowest BCUT2D eigenvalue weighted by Gasteiger charge is -1.99. The predicted octanol–water partition coefficient (Wildman–Crippen LogP) is -0.741. The summed E-state index contributed by atoms with van der Waals surface area (Å²) < 4.78 is 4.39. The van der Waals surface area contributed by atoms with Crippen molar-refractivity contribution in [2.24, 2.45) is 11.5 Å². The zero-order chi connectivity index (χ0) is 11.8. The Morgan fingerprint density at radius 2 is 2.13 bits per heavy atom. The Balaban J connectivity index is 0.000000280. The van der Waals surface area contributed by atoms with Gasteiger partial charge in [-0.3, -0.25) is 9.59 Å². The number of carbonyl (C=O) groups excluding carboxylic acids is 1. The summed E-state index contributed by atoms with van der Waals surface area (Å²) in [5.74, 6) is -1.95. The first kappa shape index (κ1) is 13.0. The van der Waals surface area contributed by atoms with Gasteiger partial charge in [0.25, 0.3) is 5.95 Å². The van der Waals surface area contributed by atoms with Crippen LogP contribution in [0.1, 0.15) is 6.42 Å². The summed E-state index contributed by atoms with van der Waals surface area (Å²) >= 11 is 0.